The van der Waals surface area contributed by atoms with Crippen molar-refractivity contribution < 1.29 is 9.90 Å². The van der Waals surface area contributed by atoms with Crippen LogP contribution in [-0.4, -0.2) is 15.9 Å². The van der Waals surface area contributed by atoms with Gasteiger partial charge in [0.15, 0.2) is 0 Å². The van der Waals surface area contributed by atoms with Crippen LogP contribution in [0.3, 0.4) is 0 Å². The van der Waals surface area contributed by atoms with Crippen molar-refractivity contribution in [2.75, 3.05) is 5.73 Å². The van der Waals surface area contributed by atoms with Crippen molar-refractivity contribution in [3.63, 3.8) is 0 Å². The molecule has 1 aromatic heterocycles. The van der Waals surface area contributed by atoms with Crippen molar-refractivity contribution in [3.05, 3.63) is 82.5 Å². The first kappa shape index (κ1) is 16.9. The Hall–Kier alpha value is -2.98. The van der Waals surface area contributed by atoms with Gasteiger partial charge in [-0.1, -0.05) is 42.5 Å². The zero-order chi connectivity index (χ0) is 18.0. The number of anilines is 1. The molecule has 4 nitrogen and oxygen atoms in total. The standard InChI is InChI=1S/C21H20N2O2/c1-13-15(12-24)6-3-7-16(13)17-8-4-9-18(14(17)2)21(25)19-10-5-11-20(22)23-19/h3-11,24H,12H2,1-2H3,(H2,22,23). The van der Waals surface area contributed by atoms with E-state index in [-0.39, 0.29) is 12.4 Å². The number of aliphatic hydroxyl groups is 1. The van der Waals surface area contributed by atoms with Crippen LogP contribution in [0.2, 0.25) is 0 Å². The summed E-state index contributed by atoms with van der Waals surface area (Å²) < 4.78 is 0. The van der Waals surface area contributed by atoms with Crippen LogP contribution in [0.5, 0.6) is 0 Å². The van der Waals surface area contributed by atoms with Crippen molar-refractivity contribution >= 4 is 11.6 Å². The normalized spacial score (nSPS) is 10.7. The number of aliphatic hydroxyl groups excluding tert-OH is 1. The number of pyridine rings is 1. The van der Waals surface area contributed by atoms with Crippen LogP contribution in [0, 0.1) is 13.8 Å². The third-order valence-electron chi connectivity index (χ3n) is 4.49. The number of nitrogen functional groups attached to an aromatic ring is 1. The molecule has 126 valence electrons. The average Bonchev–Trinajstić information content (AvgIpc) is 2.62. The Bertz CT molecular complexity index is 948. The average molecular weight is 332 g/mol. The first-order chi connectivity index (χ1) is 12.0. The molecule has 0 aliphatic heterocycles. The van der Waals surface area contributed by atoms with Gasteiger partial charge in [-0.2, -0.15) is 0 Å². The summed E-state index contributed by atoms with van der Waals surface area (Å²) in [5.41, 5.74) is 11.4. The molecule has 3 rings (SSSR count). The lowest BCUT2D eigenvalue weighted by molar-refractivity contribution is 0.103. The van der Waals surface area contributed by atoms with E-state index in [2.05, 4.69) is 4.98 Å². The molecular weight excluding hydrogens is 312 g/mol. The van der Waals surface area contributed by atoms with Crippen LogP contribution in [0.15, 0.2) is 54.6 Å². The maximum absolute atomic E-state index is 12.9. The summed E-state index contributed by atoms with van der Waals surface area (Å²) in [6.45, 7) is 3.90. The number of benzene rings is 2. The first-order valence-electron chi connectivity index (χ1n) is 8.09. The van der Waals surface area contributed by atoms with Gasteiger partial charge in [0.25, 0.3) is 0 Å². The molecule has 0 amide bonds. The Labute approximate surface area is 147 Å². The van der Waals surface area contributed by atoms with Gasteiger partial charge < -0.3 is 10.8 Å². The SMILES string of the molecule is Cc1c(CO)cccc1-c1cccc(C(=O)c2cccc(N)n2)c1C. The van der Waals surface area contributed by atoms with E-state index >= 15 is 0 Å². The molecular formula is C21H20N2O2. The molecule has 2 aromatic carbocycles. The largest absolute Gasteiger partial charge is 0.392 e. The number of hydrogen-bond acceptors (Lipinski definition) is 4. The fourth-order valence-corrected chi connectivity index (χ4v) is 3.04. The van der Waals surface area contributed by atoms with Crippen LogP contribution < -0.4 is 5.73 Å². The van der Waals surface area contributed by atoms with Gasteiger partial charge in [-0.3, -0.25) is 4.79 Å². The van der Waals surface area contributed by atoms with Gasteiger partial charge in [-0.25, -0.2) is 4.98 Å². The second-order valence-electron chi connectivity index (χ2n) is 6.00. The van der Waals surface area contributed by atoms with Crippen molar-refractivity contribution in [2.24, 2.45) is 0 Å². The highest BCUT2D eigenvalue weighted by Gasteiger charge is 2.17. The van der Waals surface area contributed by atoms with Gasteiger partial charge in [0, 0.05) is 5.56 Å². The Balaban J connectivity index is 2.11. The maximum atomic E-state index is 12.9. The van der Waals surface area contributed by atoms with E-state index in [1.807, 2.05) is 44.2 Å². The van der Waals surface area contributed by atoms with E-state index < -0.39 is 0 Å². The van der Waals surface area contributed by atoms with Gasteiger partial charge in [0.05, 0.1) is 6.61 Å². The highest BCUT2D eigenvalue weighted by molar-refractivity contribution is 6.09. The molecule has 0 saturated carbocycles. The van der Waals surface area contributed by atoms with Crippen LogP contribution >= 0.6 is 0 Å². The molecule has 4 heteroatoms. The molecule has 0 aliphatic rings. The fourth-order valence-electron chi connectivity index (χ4n) is 3.04. The second-order valence-corrected chi connectivity index (χ2v) is 6.00. The zero-order valence-corrected chi connectivity index (χ0v) is 14.3. The van der Waals surface area contributed by atoms with Crippen LogP contribution in [-0.2, 0) is 6.61 Å². The van der Waals surface area contributed by atoms with E-state index in [1.54, 1.807) is 24.3 Å². The molecule has 3 N–H and O–H groups in total. The molecule has 0 bridgehead atoms. The Kier molecular flexibility index (Phi) is 4.63. The van der Waals surface area contributed by atoms with E-state index in [4.69, 9.17) is 5.73 Å². The number of carbonyl (C=O) groups excluding carboxylic acids is 1. The summed E-state index contributed by atoms with van der Waals surface area (Å²) in [5, 5.41) is 9.50. The van der Waals surface area contributed by atoms with Gasteiger partial charge in [-0.05, 0) is 53.8 Å². The van der Waals surface area contributed by atoms with E-state index in [0.29, 0.717) is 17.1 Å². The molecule has 1 heterocycles. The first-order valence-corrected chi connectivity index (χ1v) is 8.09. The monoisotopic (exact) mass is 332 g/mol. The number of carbonyl (C=O) groups is 1. The van der Waals surface area contributed by atoms with Gasteiger partial charge in [0.1, 0.15) is 11.5 Å². The molecule has 0 spiro atoms. The lowest BCUT2D eigenvalue weighted by Gasteiger charge is -2.15. The Morgan fingerprint density at radius 3 is 2.28 bits per heavy atom. The van der Waals surface area contributed by atoms with Crippen molar-refractivity contribution in [2.45, 2.75) is 20.5 Å². The predicted octanol–water partition coefficient (Wildman–Crippen LogP) is 3.67. The molecule has 0 fully saturated rings. The fraction of sp³-hybridized carbons (Fsp3) is 0.143. The lowest BCUT2D eigenvalue weighted by Crippen LogP contribution is -2.08. The second kappa shape index (κ2) is 6.87. The molecule has 0 atom stereocenters. The minimum atomic E-state index is -0.150. The lowest BCUT2D eigenvalue weighted by atomic mass is 9.90. The van der Waals surface area contributed by atoms with Gasteiger partial charge in [-0.15, -0.1) is 0 Å². The number of hydrogen-bond donors (Lipinski definition) is 2. The molecule has 0 saturated heterocycles. The molecule has 25 heavy (non-hydrogen) atoms. The van der Waals surface area contributed by atoms with Gasteiger partial charge in [0.2, 0.25) is 5.78 Å². The topological polar surface area (TPSA) is 76.2 Å². The zero-order valence-electron chi connectivity index (χ0n) is 14.3. The van der Waals surface area contributed by atoms with Crippen molar-refractivity contribution in [3.8, 4) is 11.1 Å². The Morgan fingerprint density at radius 1 is 0.960 bits per heavy atom. The number of nitrogens with two attached hydrogens (primary N) is 1. The highest BCUT2D eigenvalue weighted by Crippen LogP contribution is 2.31. The van der Waals surface area contributed by atoms with E-state index in [9.17, 15) is 9.90 Å². The van der Waals surface area contributed by atoms with Crippen LogP contribution in [0.1, 0.15) is 32.7 Å². The van der Waals surface area contributed by atoms with Crippen LogP contribution in [0.25, 0.3) is 11.1 Å². The predicted molar refractivity (Wildman–Crippen MR) is 99.4 cm³/mol. The number of ketones is 1. The molecule has 3 aromatic rings. The van der Waals surface area contributed by atoms with E-state index in [1.165, 1.54) is 0 Å². The summed E-state index contributed by atoms with van der Waals surface area (Å²) in [6.07, 6.45) is 0. The minimum absolute atomic E-state index is 0.00937. The third kappa shape index (κ3) is 3.16. The summed E-state index contributed by atoms with van der Waals surface area (Å²) in [7, 11) is 0. The minimum Gasteiger partial charge on any atom is -0.392 e. The quantitative estimate of drug-likeness (QED) is 0.715. The smallest absolute Gasteiger partial charge is 0.211 e. The van der Waals surface area contributed by atoms with Crippen molar-refractivity contribution in [1.82, 2.24) is 4.98 Å². The summed E-state index contributed by atoms with van der Waals surface area (Å²) >= 11 is 0. The molecule has 0 aliphatic carbocycles. The number of nitrogens with zero attached hydrogens (tertiary/aromatic N) is 1. The Morgan fingerprint density at radius 2 is 1.60 bits per heavy atom. The third-order valence-corrected chi connectivity index (χ3v) is 4.49. The van der Waals surface area contributed by atoms with E-state index in [0.717, 1.165) is 27.8 Å². The maximum Gasteiger partial charge on any atom is 0.211 e. The molecule has 0 unspecified atom stereocenters. The summed E-state index contributed by atoms with van der Waals surface area (Å²) in [4.78, 5) is 17.0. The highest BCUT2D eigenvalue weighted by atomic mass is 16.3. The van der Waals surface area contributed by atoms with Gasteiger partial charge >= 0.3 is 0 Å². The molecule has 0 radical (unpaired) electrons. The van der Waals surface area contributed by atoms with Crippen LogP contribution in [0.4, 0.5) is 5.82 Å². The summed E-state index contributed by atoms with van der Waals surface area (Å²) in [5.74, 6) is 0.175. The number of rotatable bonds is 4. The van der Waals surface area contributed by atoms with Crippen molar-refractivity contribution in [1.29, 1.82) is 0 Å². The number of aromatic nitrogens is 1. The summed E-state index contributed by atoms with van der Waals surface area (Å²) in [6, 6.07) is 16.5.